The number of unbranched alkanes of at least 4 members (excludes halogenated alkanes) is 61. The number of hydrogen-bond acceptors (Lipinski definition) is 5. The van der Waals surface area contributed by atoms with Crippen molar-refractivity contribution in [3.63, 3.8) is 0 Å². The van der Waals surface area contributed by atoms with Crippen molar-refractivity contribution in [3.8, 4) is 0 Å². The number of esters is 1. The number of carbonyl (C=O) groups excluding carboxylic acids is 2. The molecule has 0 bridgehead atoms. The number of carbonyl (C=O) groups is 2. The Morgan fingerprint density at radius 1 is 0.318 bits per heavy atom. The maximum atomic E-state index is 12.5. The fourth-order valence-electron chi connectivity index (χ4n) is 12.8. The Balaban J connectivity index is 3.38. The Hall–Kier alpha value is -1.92. The first-order chi connectivity index (χ1) is 43.5. The molecule has 2 unspecified atom stereocenters. The molecule has 0 aliphatic carbocycles. The van der Waals surface area contributed by atoms with E-state index in [0.29, 0.717) is 19.4 Å². The van der Waals surface area contributed by atoms with Crippen LogP contribution in [0.15, 0.2) is 36.5 Å². The Kier molecular flexibility index (Phi) is 75.8. The van der Waals surface area contributed by atoms with Gasteiger partial charge in [-0.15, -0.1) is 0 Å². The van der Waals surface area contributed by atoms with E-state index in [-0.39, 0.29) is 18.5 Å². The molecule has 1 amide bonds. The number of aliphatic hydroxyl groups is 2. The second kappa shape index (κ2) is 77.5. The predicted octanol–water partition coefficient (Wildman–Crippen LogP) is 26.6. The summed E-state index contributed by atoms with van der Waals surface area (Å²) in [5, 5.41) is 23.3. The Labute approximate surface area is 551 Å². The van der Waals surface area contributed by atoms with Crippen LogP contribution in [0.25, 0.3) is 0 Å². The van der Waals surface area contributed by atoms with E-state index in [4.69, 9.17) is 4.74 Å². The van der Waals surface area contributed by atoms with Crippen molar-refractivity contribution in [1.29, 1.82) is 0 Å². The molecule has 520 valence electrons. The van der Waals surface area contributed by atoms with Gasteiger partial charge in [-0.2, -0.15) is 0 Å². The van der Waals surface area contributed by atoms with Crippen LogP contribution in [0, 0.1) is 0 Å². The third-order valence-electron chi connectivity index (χ3n) is 18.9. The van der Waals surface area contributed by atoms with E-state index in [1.165, 1.54) is 379 Å². The molecule has 0 aromatic carbocycles. The van der Waals surface area contributed by atoms with Crippen LogP contribution in [0.1, 0.15) is 450 Å². The maximum absolute atomic E-state index is 12.5. The number of allylic oxidation sites excluding steroid dienone is 5. The zero-order valence-corrected chi connectivity index (χ0v) is 59.7. The second-order valence-electron chi connectivity index (χ2n) is 27.8. The summed E-state index contributed by atoms with van der Waals surface area (Å²) in [5.41, 5.74) is 0. The van der Waals surface area contributed by atoms with Crippen molar-refractivity contribution in [3.05, 3.63) is 36.5 Å². The van der Waals surface area contributed by atoms with Gasteiger partial charge in [-0.25, -0.2) is 0 Å². The minimum Gasteiger partial charge on any atom is -0.466 e. The van der Waals surface area contributed by atoms with Gasteiger partial charge in [0.1, 0.15) is 0 Å². The lowest BCUT2D eigenvalue weighted by molar-refractivity contribution is -0.143. The van der Waals surface area contributed by atoms with Gasteiger partial charge in [0, 0.05) is 12.8 Å². The minimum absolute atomic E-state index is 0.0202. The normalized spacial score (nSPS) is 12.6. The van der Waals surface area contributed by atoms with Crippen LogP contribution in [0.4, 0.5) is 0 Å². The van der Waals surface area contributed by atoms with Gasteiger partial charge in [0.05, 0.1) is 25.4 Å². The molecule has 0 fully saturated rings. The maximum Gasteiger partial charge on any atom is 0.305 e. The Morgan fingerprint density at radius 3 is 0.864 bits per heavy atom. The van der Waals surface area contributed by atoms with Gasteiger partial charge in [0.15, 0.2) is 0 Å². The van der Waals surface area contributed by atoms with Gasteiger partial charge in [-0.3, -0.25) is 9.59 Å². The van der Waals surface area contributed by atoms with Gasteiger partial charge in [0.25, 0.3) is 0 Å². The predicted molar refractivity (Wildman–Crippen MR) is 389 cm³/mol. The van der Waals surface area contributed by atoms with E-state index in [1.54, 1.807) is 6.08 Å². The molecule has 3 N–H and O–H groups in total. The lowest BCUT2D eigenvalue weighted by Gasteiger charge is -2.20. The number of nitrogens with one attached hydrogen (secondary N) is 1. The molecule has 0 rings (SSSR count). The first kappa shape index (κ1) is 86.1. The zero-order chi connectivity index (χ0) is 63.5. The van der Waals surface area contributed by atoms with Gasteiger partial charge < -0.3 is 20.3 Å². The van der Waals surface area contributed by atoms with Crippen LogP contribution in [0.2, 0.25) is 0 Å². The molecule has 0 aromatic rings. The standard InChI is InChI=1S/C82H157NO5/c1-3-5-7-9-11-13-15-17-19-20-21-37-40-43-47-50-54-58-62-66-70-74-80(85)79(78-84)83-81(86)75-71-67-63-59-55-51-48-44-41-38-35-33-31-29-27-25-23-22-24-26-28-30-32-34-36-39-42-45-49-53-57-61-65-69-73-77-88-82(87)76-72-68-64-60-56-52-46-18-16-14-12-10-8-6-4-2/h24,26,30,32,70,74,79-80,84-85H,3-23,25,27-29,31,33-69,71-73,75-78H2,1-2H3,(H,83,86)/b26-24-,32-30-,74-70+. The molecule has 0 aromatic heterocycles. The molecular weight excluding hydrogens is 1080 g/mol. The molecule has 2 atom stereocenters. The molecule has 0 saturated carbocycles. The summed E-state index contributed by atoms with van der Waals surface area (Å²) < 4.78 is 5.50. The zero-order valence-electron chi connectivity index (χ0n) is 59.7. The average molecular weight is 1240 g/mol. The molecule has 0 radical (unpaired) electrons. The molecule has 0 spiro atoms. The highest BCUT2D eigenvalue weighted by Crippen LogP contribution is 2.20. The van der Waals surface area contributed by atoms with E-state index < -0.39 is 12.1 Å². The van der Waals surface area contributed by atoms with E-state index in [2.05, 4.69) is 43.5 Å². The number of rotatable bonds is 76. The summed E-state index contributed by atoms with van der Waals surface area (Å²) >= 11 is 0. The van der Waals surface area contributed by atoms with Crippen LogP contribution < -0.4 is 5.32 Å². The SMILES string of the molecule is CCCCCCCCCCCCCCCCCCCCC/C=C/C(O)C(CO)NC(=O)CCCCCCCCCCCCCCCCCCC/C=C\C/C=C\CCCCCCCCCCCCCOC(=O)CCCCCCCCCCCCCCCCC. The minimum atomic E-state index is -0.844. The van der Waals surface area contributed by atoms with Gasteiger partial charge >= 0.3 is 5.97 Å². The number of hydrogen-bond donors (Lipinski definition) is 3. The fraction of sp³-hybridized carbons (Fsp3) is 0.902. The molecular formula is C82H157NO5. The van der Waals surface area contributed by atoms with Crippen LogP contribution in [-0.2, 0) is 14.3 Å². The van der Waals surface area contributed by atoms with Crippen molar-refractivity contribution in [1.82, 2.24) is 5.32 Å². The highest BCUT2D eigenvalue weighted by atomic mass is 16.5. The molecule has 0 heterocycles. The summed E-state index contributed by atoms with van der Waals surface area (Å²) in [6.07, 6.45) is 101. The van der Waals surface area contributed by atoms with Crippen molar-refractivity contribution in [2.45, 2.75) is 463 Å². The van der Waals surface area contributed by atoms with E-state index >= 15 is 0 Å². The largest absolute Gasteiger partial charge is 0.466 e. The number of aliphatic hydroxyl groups excluding tert-OH is 2. The average Bonchev–Trinajstić information content (AvgIpc) is 3.57. The highest BCUT2D eigenvalue weighted by Gasteiger charge is 2.18. The van der Waals surface area contributed by atoms with Gasteiger partial charge in [-0.05, 0) is 64.2 Å². The van der Waals surface area contributed by atoms with Gasteiger partial charge in [0.2, 0.25) is 5.91 Å². The van der Waals surface area contributed by atoms with Crippen molar-refractivity contribution in [2.24, 2.45) is 0 Å². The van der Waals surface area contributed by atoms with Crippen molar-refractivity contribution >= 4 is 11.9 Å². The summed E-state index contributed by atoms with van der Waals surface area (Å²) in [6, 6.07) is -0.627. The lowest BCUT2D eigenvalue weighted by atomic mass is 10.0. The van der Waals surface area contributed by atoms with Crippen molar-refractivity contribution in [2.75, 3.05) is 13.2 Å². The second-order valence-corrected chi connectivity index (χ2v) is 27.8. The molecule has 6 nitrogen and oxygen atoms in total. The summed E-state index contributed by atoms with van der Waals surface area (Å²) in [7, 11) is 0. The van der Waals surface area contributed by atoms with Crippen LogP contribution >= 0.6 is 0 Å². The van der Waals surface area contributed by atoms with Gasteiger partial charge in [-0.1, -0.05) is 410 Å². The van der Waals surface area contributed by atoms with E-state index in [9.17, 15) is 19.8 Å². The topological polar surface area (TPSA) is 95.9 Å². The molecule has 88 heavy (non-hydrogen) atoms. The first-order valence-electron chi connectivity index (χ1n) is 40.3. The smallest absolute Gasteiger partial charge is 0.305 e. The first-order valence-corrected chi connectivity index (χ1v) is 40.3. The Morgan fingerprint density at radius 2 is 0.568 bits per heavy atom. The third kappa shape index (κ3) is 73.1. The third-order valence-corrected chi connectivity index (χ3v) is 18.9. The molecule has 0 aliphatic heterocycles. The highest BCUT2D eigenvalue weighted by molar-refractivity contribution is 5.76. The lowest BCUT2D eigenvalue weighted by Crippen LogP contribution is -2.45. The molecule has 6 heteroatoms. The van der Waals surface area contributed by atoms with Crippen LogP contribution in [-0.4, -0.2) is 47.4 Å². The number of ether oxygens (including phenoxy) is 1. The molecule has 0 aliphatic rings. The fourth-order valence-corrected chi connectivity index (χ4v) is 12.8. The quantitative estimate of drug-likeness (QED) is 0.0320. The summed E-state index contributed by atoms with van der Waals surface area (Å²) in [4.78, 5) is 24.6. The van der Waals surface area contributed by atoms with E-state index in [1.807, 2.05) is 6.08 Å². The van der Waals surface area contributed by atoms with Crippen molar-refractivity contribution < 1.29 is 24.5 Å². The summed E-state index contributed by atoms with van der Waals surface area (Å²) in [6.45, 7) is 4.96. The number of amides is 1. The molecule has 0 saturated heterocycles. The summed E-state index contributed by atoms with van der Waals surface area (Å²) in [5.74, 6) is -0.0409. The Bertz CT molecular complexity index is 1430. The van der Waals surface area contributed by atoms with E-state index in [0.717, 1.165) is 44.9 Å². The monoisotopic (exact) mass is 1240 g/mol. The van der Waals surface area contributed by atoms with Crippen LogP contribution in [0.5, 0.6) is 0 Å². The van der Waals surface area contributed by atoms with Crippen LogP contribution in [0.3, 0.4) is 0 Å².